The summed E-state index contributed by atoms with van der Waals surface area (Å²) in [6.07, 6.45) is -0.174. The molecule has 2 N–H and O–H groups in total. The third-order valence-electron chi connectivity index (χ3n) is 3.20. The van der Waals surface area contributed by atoms with Crippen LogP contribution in [-0.2, 0) is 22.4 Å². The molecule has 2 aromatic carbocycles. The molecule has 0 spiro atoms. The topological polar surface area (TPSA) is 66.4 Å². The van der Waals surface area contributed by atoms with Gasteiger partial charge in [-0.1, -0.05) is 30.3 Å². The Morgan fingerprint density at radius 2 is 1.61 bits per heavy atom. The summed E-state index contributed by atoms with van der Waals surface area (Å²) >= 11 is 0. The van der Waals surface area contributed by atoms with Gasteiger partial charge in [0.1, 0.15) is 17.7 Å². The summed E-state index contributed by atoms with van der Waals surface area (Å²) in [4.78, 5) is 23.2. The minimum absolute atomic E-state index is 0.124. The van der Waals surface area contributed by atoms with Crippen LogP contribution in [0.25, 0.3) is 0 Å². The second kappa shape index (κ2) is 7.49. The molecular weight excluding hydrogens is 304 g/mol. The quantitative estimate of drug-likeness (QED) is 0.859. The zero-order chi connectivity index (χ0) is 16.8. The molecule has 0 aromatic heterocycles. The highest BCUT2D eigenvalue weighted by Gasteiger charge is 2.20. The van der Waals surface area contributed by atoms with Crippen molar-refractivity contribution in [3.8, 4) is 0 Å². The van der Waals surface area contributed by atoms with Crippen molar-refractivity contribution in [2.75, 3.05) is 0 Å². The average Bonchev–Trinajstić information content (AvgIpc) is 2.46. The van der Waals surface area contributed by atoms with E-state index in [1.165, 1.54) is 0 Å². The van der Waals surface area contributed by atoms with Crippen LogP contribution in [0.5, 0.6) is 0 Å². The Hall–Kier alpha value is -2.76. The minimum Gasteiger partial charge on any atom is -0.480 e. The molecule has 0 bridgehead atoms. The van der Waals surface area contributed by atoms with Gasteiger partial charge in [-0.2, -0.15) is 0 Å². The Morgan fingerprint density at radius 1 is 1.00 bits per heavy atom. The SMILES string of the molecule is O=C(Cc1cc(F)cc(F)c1)N[C@H](Cc1ccccc1)C(=O)O. The molecule has 4 nitrogen and oxygen atoms in total. The fourth-order valence-corrected chi connectivity index (χ4v) is 2.19. The van der Waals surface area contributed by atoms with Crippen molar-refractivity contribution in [3.05, 3.63) is 71.3 Å². The molecule has 0 saturated carbocycles. The first-order chi connectivity index (χ1) is 10.9. The van der Waals surface area contributed by atoms with Gasteiger partial charge in [0.2, 0.25) is 5.91 Å². The molecule has 0 aliphatic heterocycles. The lowest BCUT2D eigenvalue weighted by atomic mass is 10.1. The van der Waals surface area contributed by atoms with Gasteiger partial charge in [-0.05, 0) is 23.3 Å². The third kappa shape index (κ3) is 5.18. The number of hydrogen-bond acceptors (Lipinski definition) is 2. The predicted molar refractivity (Wildman–Crippen MR) is 79.8 cm³/mol. The van der Waals surface area contributed by atoms with Gasteiger partial charge in [0.15, 0.2) is 0 Å². The first-order valence-electron chi connectivity index (χ1n) is 6.95. The largest absolute Gasteiger partial charge is 0.480 e. The van der Waals surface area contributed by atoms with Crippen LogP contribution in [0.4, 0.5) is 8.78 Å². The normalized spacial score (nSPS) is 11.7. The molecule has 23 heavy (non-hydrogen) atoms. The lowest BCUT2D eigenvalue weighted by Crippen LogP contribution is -2.43. The Kier molecular flexibility index (Phi) is 5.41. The zero-order valence-electron chi connectivity index (χ0n) is 12.1. The smallest absolute Gasteiger partial charge is 0.326 e. The van der Waals surface area contributed by atoms with Crippen molar-refractivity contribution in [1.82, 2.24) is 5.32 Å². The van der Waals surface area contributed by atoms with Crippen LogP contribution in [0.2, 0.25) is 0 Å². The lowest BCUT2D eigenvalue weighted by Gasteiger charge is -2.14. The number of carboxylic acids is 1. The highest BCUT2D eigenvalue weighted by molar-refractivity contribution is 5.85. The molecule has 1 atom stereocenters. The average molecular weight is 319 g/mol. The van der Waals surface area contributed by atoms with Gasteiger partial charge in [-0.15, -0.1) is 0 Å². The summed E-state index contributed by atoms with van der Waals surface area (Å²) in [6.45, 7) is 0. The van der Waals surface area contributed by atoms with Crippen LogP contribution in [0.15, 0.2) is 48.5 Å². The molecule has 0 saturated heterocycles. The zero-order valence-corrected chi connectivity index (χ0v) is 12.1. The number of nitrogens with one attached hydrogen (secondary N) is 1. The summed E-state index contributed by atoms with van der Waals surface area (Å²) in [5.74, 6) is -3.36. The van der Waals surface area contributed by atoms with E-state index in [1.54, 1.807) is 30.3 Å². The van der Waals surface area contributed by atoms with Gasteiger partial charge in [0, 0.05) is 12.5 Å². The molecule has 0 aliphatic rings. The van der Waals surface area contributed by atoms with Gasteiger partial charge in [0.25, 0.3) is 0 Å². The number of hydrogen-bond donors (Lipinski definition) is 2. The molecule has 2 aromatic rings. The van der Waals surface area contributed by atoms with Gasteiger partial charge < -0.3 is 10.4 Å². The molecule has 0 unspecified atom stereocenters. The summed E-state index contributed by atoms with van der Waals surface area (Å²) in [6, 6.07) is 10.5. The van der Waals surface area contributed by atoms with Crippen LogP contribution >= 0.6 is 0 Å². The highest BCUT2D eigenvalue weighted by Crippen LogP contribution is 2.09. The van der Waals surface area contributed by atoms with Gasteiger partial charge >= 0.3 is 5.97 Å². The van der Waals surface area contributed by atoms with Gasteiger partial charge in [0.05, 0.1) is 6.42 Å². The summed E-state index contributed by atoms with van der Waals surface area (Å²) in [5.41, 5.74) is 0.904. The van der Waals surface area contributed by atoms with Crippen molar-refractivity contribution in [2.24, 2.45) is 0 Å². The number of benzene rings is 2. The van der Waals surface area contributed by atoms with Crippen molar-refractivity contribution >= 4 is 11.9 Å². The lowest BCUT2D eigenvalue weighted by molar-refractivity contribution is -0.141. The molecule has 1 amide bonds. The maximum Gasteiger partial charge on any atom is 0.326 e. The second-order valence-electron chi connectivity index (χ2n) is 5.10. The van der Waals surface area contributed by atoms with E-state index >= 15 is 0 Å². The van der Waals surface area contributed by atoms with E-state index in [-0.39, 0.29) is 18.4 Å². The van der Waals surface area contributed by atoms with E-state index in [1.807, 2.05) is 0 Å². The molecule has 6 heteroatoms. The van der Waals surface area contributed by atoms with E-state index in [0.717, 1.165) is 17.7 Å². The number of carbonyl (C=O) groups is 2. The van der Waals surface area contributed by atoms with Gasteiger partial charge in [-0.3, -0.25) is 4.79 Å². The number of halogens is 2. The van der Waals surface area contributed by atoms with Crippen molar-refractivity contribution < 1.29 is 23.5 Å². The van der Waals surface area contributed by atoms with Crippen LogP contribution < -0.4 is 5.32 Å². The standard InChI is InChI=1S/C17H15F2NO3/c18-13-6-12(7-14(19)10-13)9-16(21)20-15(17(22)23)8-11-4-2-1-3-5-11/h1-7,10,15H,8-9H2,(H,20,21)(H,22,23)/t15-/m1/s1. The van der Waals surface area contributed by atoms with E-state index in [2.05, 4.69) is 5.32 Å². The van der Waals surface area contributed by atoms with Crippen molar-refractivity contribution in [1.29, 1.82) is 0 Å². The van der Waals surface area contributed by atoms with E-state index in [0.29, 0.717) is 6.07 Å². The van der Waals surface area contributed by atoms with Gasteiger partial charge in [-0.25, -0.2) is 13.6 Å². The fourth-order valence-electron chi connectivity index (χ4n) is 2.19. The minimum atomic E-state index is -1.17. The number of carbonyl (C=O) groups excluding carboxylic acids is 1. The maximum absolute atomic E-state index is 13.1. The molecule has 0 fully saturated rings. The Balaban J connectivity index is 2.02. The molecule has 2 rings (SSSR count). The number of rotatable bonds is 6. The molecule has 120 valence electrons. The van der Waals surface area contributed by atoms with E-state index in [9.17, 15) is 23.5 Å². The van der Waals surface area contributed by atoms with Crippen LogP contribution in [-0.4, -0.2) is 23.0 Å². The van der Waals surface area contributed by atoms with Crippen LogP contribution in [0.1, 0.15) is 11.1 Å². The Bertz CT molecular complexity index is 684. The van der Waals surface area contributed by atoms with Crippen molar-refractivity contribution in [3.63, 3.8) is 0 Å². The first kappa shape index (κ1) is 16.6. The Labute approximate surface area is 131 Å². The Morgan fingerprint density at radius 3 is 2.17 bits per heavy atom. The third-order valence-corrected chi connectivity index (χ3v) is 3.20. The number of aliphatic carboxylic acids is 1. The fraction of sp³-hybridized carbons (Fsp3) is 0.176. The summed E-state index contributed by atoms with van der Waals surface area (Å²) < 4.78 is 26.2. The first-order valence-corrected chi connectivity index (χ1v) is 6.95. The monoisotopic (exact) mass is 319 g/mol. The molecule has 0 heterocycles. The van der Waals surface area contributed by atoms with Crippen LogP contribution in [0, 0.1) is 11.6 Å². The predicted octanol–water partition coefficient (Wildman–Crippen LogP) is 2.32. The molecule has 0 aliphatic carbocycles. The number of carboxylic acid groups (broad SMARTS) is 1. The summed E-state index contributed by atoms with van der Waals surface area (Å²) in [7, 11) is 0. The van der Waals surface area contributed by atoms with E-state index < -0.39 is 29.6 Å². The van der Waals surface area contributed by atoms with E-state index in [4.69, 9.17) is 0 Å². The van der Waals surface area contributed by atoms with Crippen LogP contribution in [0.3, 0.4) is 0 Å². The molecule has 0 radical (unpaired) electrons. The second-order valence-corrected chi connectivity index (χ2v) is 5.10. The molecular formula is C17H15F2NO3. The van der Waals surface area contributed by atoms with Crippen molar-refractivity contribution in [2.45, 2.75) is 18.9 Å². The number of amides is 1. The summed E-state index contributed by atoms with van der Waals surface area (Å²) in [5, 5.41) is 11.6. The maximum atomic E-state index is 13.1. The highest BCUT2D eigenvalue weighted by atomic mass is 19.1.